The molecule has 5 heteroatoms. The first kappa shape index (κ1) is 18.0. The molecule has 1 atom stereocenters. The van der Waals surface area contributed by atoms with Crippen LogP contribution in [0.15, 0.2) is 72.8 Å². The Morgan fingerprint density at radius 3 is 2.50 bits per heavy atom. The molecule has 0 bridgehead atoms. The zero-order valence-electron chi connectivity index (χ0n) is 15.2. The molecule has 1 aliphatic heterocycles. The summed E-state index contributed by atoms with van der Waals surface area (Å²) in [7, 11) is 0. The molecular weight excluding hydrogens is 357 g/mol. The van der Waals surface area contributed by atoms with Gasteiger partial charge in [0.05, 0.1) is 6.54 Å². The fourth-order valence-corrected chi connectivity index (χ4v) is 3.56. The first-order chi connectivity index (χ1) is 13.6. The highest BCUT2D eigenvalue weighted by atomic mass is 19.1. The molecule has 0 aliphatic carbocycles. The highest BCUT2D eigenvalue weighted by Gasteiger charge is 2.29. The zero-order valence-corrected chi connectivity index (χ0v) is 15.2. The van der Waals surface area contributed by atoms with Gasteiger partial charge in [-0.15, -0.1) is 0 Å². The summed E-state index contributed by atoms with van der Waals surface area (Å²) in [6, 6.07) is 21.7. The Labute approximate surface area is 162 Å². The average molecular weight is 377 g/mol. The van der Waals surface area contributed by atoms with Crippen LogP contribution < -0.4 is 4.74 Å². The lowest BCUT2D eigenvalue weighted by Crippen LogP contribution is -2.37. The number of ether oxygens (including phenoxy) is 1. The van der Waals surface area contributed by atoms with Crippen molar-refractivity contribution in [2.75, 3.05) is 6.54 Å². The lowest BCUT2D eigenvalue weighted by Gasteiger charge is -2.23. The summed E-state index contributed by atoms with van der Waals surface area (Å²) in [5.41, 5.74) is 3.74. The molecule has 1 unspecified atom stereocenters. The van der Waals surface area contributed by atoms with E-state index in [1.807, 2.05) is 48.5 Å². The zero-order chi connectivity index (χ0) is 19.5. The maximum absolute atomic E-state index is 13.2. The van der Waals surface area contributed by atoms with Gasteiger partial charge < -0.3 is 14.7 Å². The molecule has 3 aromatic rings. The summed E-state index contributed by atoms with van der Waals surface area (Å²) >= 11 is 0. The standard InChI is InChI=1S/C23H20FNO3/c24-19-11-9-17(10-12-19)21-8-4-7-18-13-20(28-22(18)21)15-25(23(26)27)14-16-5-2-1-3-6-16/h1-12,20H,13-15H2,(H,26,27). The number of para-hydroxylation sites is 1. The van der Waals surface area contributed by atoms with Gasteiger partial charge in [0.2, 0.25) is 0 Å². The second kappa shape index (κ2) is 7.72. The third-order valence-electron chi connectivity index (χ3n) is 4.89. The molecule has 4 nitrogen and oxygen atoms in total. The molecule has 1 N–H and O–H groups in total. The molecule has 1 amide bonds. The maximum atomic E-state index is 13.2. The van der Waals surface area contributed by atoms with Crippen molar-refractivity contribution in [3.8, 4) is 16.9 Å². The van der Waals surface area contributed by atoms with Gasteiger partial charge in [0.25, 0.3) is 0 Å². The quantitative estimate of drug-likeness (QED) is 0.682. The molecule has 4 rings (SSSR count). The molecule has 0 radical (unpaired) electrons. The Morgan fingerprint density at radius 1 is 1.04 bits per heavy atom. The van der Waals surface area contributed by atoms with Gasteiger partial charge in [-0.05, 0) is 28.8 Å². The van der Waals surface area contributed by atoms with Gasteiger partial charge in [-0.2, -0.15) is 0 Å². The number of hydrogen-bond acceptors (Lipinski definition) is 2. The minimum atomic E-state index is -0.970. The number of halogens is 1. The van der Waals surface area contributed by atoms with Crippen LogP contribution >= 0.6 is 0 Å². The van der Waals surface area contributed by atoms with Crippen molar-refractivity contribution < 1.29 is 19.0 Å². The van der Waals surface area contributed by atoms with Crippen LogP contribution in [0, 0.1) is 5.82 Å². The topological polar surface area (TPSA) is 49.8 Å². The molecule has 0 aromatic heterocycles. The van der Waals surface area contributed by atoms with Crippen LogP contribution in [0.25, 0.3) is 11.1 Å². The largest absolute Gasteiger partial charge is 0.487 e. The molecular formula is C23H20FNO3. The van der Waals surface area contributed by atoms with E-state index in [0.29, 0.717) is 13.0 Å². The van der Waals surface area contributed by atoms with E-state index in [4.69, 9.17) is 4.74 Å². The SMILES string of the molecule is O=C(O)N(Cc1ccccc1)CC1Cc2cccc(-c3ccc(F)cc3)c2O1. The molecule has 0 fully saturated rings. The lowest BCUT2D eigenvalue weighted by molar-refractivity contribution is 0.113. The van der Waals surface area contributed by atoms with Gasteiger partial charge in [-0.1, -0.05) is 60.7 Å². The second-order valence-electron chi connectivity index (χ2n) is 6.89. The first-order valence-corrected chi connectivity index (χ1v) is 9.16. The lowest BCUT2D eigenvalue weighted by atomic mass is 10.0. The van der Waals surface area contributed by atoms with Crippen molar-refractivity contribution in [3.63, 3.8) is 0 Å². The molecule has 28 heavy (non-hydrogen) atoms. The molecule has 3 aromatic carbocycles. The fourth-order valence-electron chi connectivity index (χ4n) is 3.56. The van der Waals surface area contributed by atoms with E-state index in [0.717, 1.165) is 28.0 Å². The minimum absolute atomic E-state index is 0.253. The van der Waals surface area contributed by atoms with Gasteiger partial charge in [-0.25, -0.2) is 9.18 Å². The van der Waals surface area contributed by atoms with Gasteiger partial charge in [0, 0.05) is 18.5 Å². The third-order valence-corrected chi connectivity index (χ3v) is 4.89. The summed E-state index contributed by atoms with van der Waals surface area (Å²) in [4.78, 5) is 13.1. The normalized spacial score (nSPS) is 15.0. The first-order valence-electron chi connectivity index (χ1n) is 9.16. The number of fused-ring (bicyclic) bond motifs is 1. The average Bonchev–Trinajstić information content (AvgIpc) is 3.11. The van der Waals surface area contributed by atoms with Crippen molar-refractivity contribution >= 4 is 6.09 Å². The van der Waals surface area contributed by atoms with E-state index in [1.165, 1.54) is 17.0 Å². The summed E-state index contributed by atoms with van der Waals surface area (Å²) < 4.78 is 19.4. The number of hydrogen-bond donors (Lipinski definition) is 1. The Bertz CT molecular complexity index is 973. The molecule has 0 saturated carbocycles. The fraction of sp³-hybridized carbons (Fsp3) is 0.174. The molecule has 0 spiro atoms. The van der Waals surface area contributed by atoms with Gasteiger partial charge in [-0.3, -0.25) is 0 Å². The molecule has 1 aliphatic rings. The smallest absolute Gasteiger partial charge is 0.407 e. The Morgan fingerprint density at radius 2 is 1.79 bits per heavy atom. The van der Waals surface area contributed by atoms with Crippen LogP contribution in [0.4, 0.5) is 9.18 Å². The highest BCUT2D eigenvalue weighted by Crippen LogP contribution is 2.39. The van der Waals surface area contributed by atoms with Gasteiger partial charge in [0.1, 0.15) is 17.7 Å². The number of carboxylic acid groups (broad SMARTS) is 1. The summed E-state index contributed by atoms with van der Waals surface area (Å²) in [5, 5.41) is 9.61. The van der Waals surface area contributed by atoms with Crippen molar-refractivity contribution in [3.05, 3.63) is 89.7 Å². The van der Waals surface area contributed by atoms with Crippen LogP contribution in [0.1, 0.15) is 11.1 Å². The van der Waals surface area contributed by atoms with E-state index in [1.54, 1.807) is 12.1 Å². The van der Waals surface area contributed by atoms with Crippen molar-refractivity contribution in [1.29, 1.82) is 0 Å². The predicted molar refractivity (Wildman–Crippen MR) is 105 cm³/mol. The van der Waals surface area contributed by atoms with E-state index in [2.05, 4.69) is 0 Å². The molecule has 0 saturated heterocycles. The maximum Gasteiger partial charge on any atom is 0.407 e. The predicted octanol–water partition coefficient (Wildman–Crippen LogP) is 4.98. The summed E-state index contributed by atoms with van der Waals surface area (Å²) in [6.45, 7) is 0.596. The van der Waals surface area contributed by atoms with E-state index < -0.39 is 6.09 Å². The molecule has 142 valence electrons. The van der Waals surface area contributed by atoms with Crippen LogP contribution in [-0.4, -0.2) is 28.7 Å². The van der Waals surface area contributed by atoms with Crippen LogP contribution in [-0.2, 0) is 13.0 Å². The second-order valence-corrected chi connectivity index (χ2v) is 6.89. The van der Waals surface area contributed by atoms with Crippen LogP contribution in [0.5, 0.6) is 5.75 Å². The van der Waals surface area contributed by atoms with Gasteiger partial charge in [0.15, 0.2) is 0 Å². The summed E-state index contributed by atoms with van der Waals surface area (Å²) in [6.07, 6.45) is -0.582. The van der Waals surface area contributed by atoms with E-state index in [-0.39, 0.29) is 18.5 Å². The summed E-state index contributed by atoms with van der Waals surface area (Å²) in [5.74, 6) is 0.470. The van der Waals surface area contributed by atoms with E-state index >= 15 is 0 Å². The Hall–Kier alpha value is -3.34. The number of carbonyl (C=O) groups is 1. The number of amides is 1. The van der Waals surface area contributed by atoms with Crippen LogP contribution in [0.2, 0.25) is 0 Å². The molecule has 1 heterocycles. The highest BCUT2D eigenvalue weighted by molar-refractivity contribution is 5.73. The number of nitrogens with zero attached hydrogens (tertiary/aromatic N) is 1. The monoisotopic (exact) mass is 377 g/mol. The number of benzene rings is 3. The third kappa shape index (κ3) is 3.83. The minimum Gasteiger partial charge on any atom is -0.487 e. The number of rotatable bonds is 5. The van der Waals surface area contributed by atoms with Crippen molar-refractivity contribution in [1.82, 2.24) is 4.90 Å². The van der Waals surface area contributed by atoms with E-state index in [9.17, 15) is 14.3 Å². The van der Waals surface area contributed by atoms with Crippen molar-refractivity contribution in [2.45, 2.75) is 19.1 Å². The Balaban J connectivity index is 1.52. The Kier molecular flexibility index (Phi) is 4.98. The van der Waals surface area contributed by atoms with Crippen molar-refractivity contribution in [2.24, 2.45) is 0 Å². The van der Waals surface area contributed by atoms with Gasteiger partial charge >= 0.3 is 6.09 Å². The van der Waals surface area contributed by atoms with Crippen LogP contribution in [0.3, 0.4) is 0 Å².